The van der Waals surface area contributed by atoms with Crippen LogP contribution >= 0.6 is 23.2 Å². The SMILES string of the molecule is N#CCOc1cccc(CNc2ccc(Cl)c(Cl)c2)c1. The van der Waals surface area contributed by atoms with E-state index in [4.69, 9.17) is 33.2 Å². The van der Waals surface area contributed by atoms with Gasteiger partial charge in [-0.1, -0.05) is 35.3 Å². The van der Waals surface area contributed by atoms with E-state index in [1.807, 2.05) is 36.4 Å². The van der Waals surface area contributed by atoms with E-state index in [-0.39, 0.29) is 6.61 Å². The molecule has 2 rings (SSSR count). The van der Waals surface area contributed by atoms with Crippen molar-refractivity contribution in [2.45, 2.75) is 6.54 Å². The molecular weight excluding hydrogens is 295 g/mol. The van der Waals surface area contributed by atoms with Gasteiger partial charge in [0, 0.05) is 12.2 Å². The molecule has 0 fully saturated rings. The number of nitriles is 1. The van der Waals surface area contributed by atoms with Crippen molar-refractivity contribution in [3.05, 3.63) is 58.1 Å². The molecule has 0 bridgehead atoms. The third kappa shape index (κ3) is 4.06. The number of nitrogens with one attached hydrogen (secondary N) is 1. The van der Waals surface area contributed by atoms with Crippen molar-refractivity contribution in [2.75, 3.05) is 11.9 Å². The maximum absolute atomic E-state index is 8.49. The van der Waals surface area contributed by atoms with E-state index in [0.717, 1.165) is 11.3 Å². The van der Waals surface area contributed by atoms with Crippen molar-refractivity contribution < 1.29 is 4.74 Å². The minimum absolute atomic E-state index is 0.0453. The number of nitrogens with zero attached hydrogens (tertiary/aromatic N) is 1. The van der Waals surface area contributed by atoms with Crippen molar-refractivity contribution in [1.29, 1.82) is 5.26 Å². The molecule has 0 amide bonds. The Morgan fingerprint density at radius 2 is 1.95 bits per heavy atom. The van der Waals surface area contributed by atoms with Crippen LogP contribution in [0.4, 0.5) is 5.69 Å². The van der Waals surface area contributed by atoms with Gasteiger partial charge in [0.05, 0.1) is 10.0 Å². The number of hydrogen-bond acceptors (Lipinski definition) is 3. The van der Waals surface area contributed by atoms with Crippen molar-refractivity contribution >= 4 is 28.9 Å². The zero-order chi connectivity index (χ0) is 14.4. The fraction of sp³-hybridized carbons (Fsp3) is 0.133. The lowest BCUT2D eigenvalue weighted by Gasteiger charge is -2.09. The Labute approximate surface area is 127 Å². The quantitative estimate of drug-likeness (QED) is 0.884. The zero-order valence-electron chi connectivity index (χ0n) is 10.6. The van der Waals surface area contributed by atoms with Gasteiger partial charge in [-0.05, 0) is 35.9 Å². The lowest BCUT2D eigenvalue weighted by atomic mass is 10.2. The molecule has 0 unspecified atom stereocenters. The van der Waals surface area contributed by atoms with Gasteiger partial charge in [-0.3, -0.25) is 0 Å². The fourth-order valence-electron chi connectivity index (χ4n) is 1.67. The highest BCUT2D eigenvalue weighted by Gasteiger charge is 2.00. The lowest BCUT2D eigenvalue weighted by molar-refractivity contribution is 0.368. The van der Waals surface area contributed by atoms with Crippen molar-refractivity contribution in [3.63, 3.8) is 0 Å². The molecule has 0 spiro atoms. The highest BCUT2D eigenvalue weighted by molar-refractivity contribution is 6.42. The molecule has 0 aromatic heterocycles. The Bertz CT molecular complexity index is 638. The van der Waals surface area contributed by atoms with Crippen LogP contribution in [-0.4, -0.2) is 6.61 Å². The molecule has 102 valence electrons. The molecule has 0 atom stereocenters. The van der Waals surface area contributed by atoms with Crippen LogP contribution in [0.25, 0.3) is 0 Å². The average molecular weight is 307 g/mol. The molecule has 0 aliphatic heterocycles. The van der Waals surface area contributed by atoms with Crippen LogP contribution < -0.4 is 10.1 Å². The van der Waals surface area contributed by atoms with Crippen LogP contribution in [0.3, 0.4) is 0 Å². The minimum Gasteiger partial charge on any atom is -0.479 e. The lowest BCUT2D eigenvalue weighted by Crippen LogP contribution is -2.00. The smallest absolute Gasteiger partial charge is 0.174 e. The Morgan fingerprint density at radius 1 is 1.10 bits per heavy atom. The van der Waals surface area contributed by atoms with E-state index < -0.39 is 0 Å². The first kappa shape index (κ1) is 14.5. The van der Waals surface area contributed by atoms with Crippen molar-refractivity contribution in [1.82, 2.24) is 0 Å². The largest absolute Gasteiger partial charge is 0.479 e. The predicted molar refractivity (Wildman–Crippen MR) is 81.3 cm³/mol. The van der Waals surface area contributed by atoms with Gasteiger partial charge >= 0.3 is 0 Å². The van der Waals surface area contributed by atoms with Crippen LogP contribution in [-0.2, 0) is 6.54 Å². The zero-order valence-corrected chi connectivity index (χ0v) is 12.1. The van der Waals surface area contributed by atoms with E-state index in [2.05, 4.69) is 5.32 Å². The summed E-state index contributed by atoms with van der Waals surface area (Å²) in [7, 11) is 0. The summed E-state index contributed by atoms with van der Waals surface area (Å²) in [4.78, 5) is 0. The van der Waals surface area contributed by atoms with Gasteiger partial charge in [-0.25, -0.2) is 0 Å². The highest BCUT2D eigenvalue weighted by Crippen LogP contribution is 2.25. The molecule has 20 heavy (non-hydrogen) atoms. The van der Waals surface area contributed by atoms with E-state index >= 15 is 0 Å². The first-order valence-corrected chi connectivity index (χ1v) is 6.72. The topological polar surface area (TPSA) is 45.0 Å². The summed E-state index contributed by atoms with van der Waals surface area (Å²) in [6, 6.07) is 14.9. The van der Waals surface area contributed by atoms with Crippen LogP contribution in [0.2, 0.25) is 10.0 Å². The first-order chi connectivity index (χ1) is 9.69. The van der Waals surface area contributed by atoms with Gasteiger partial charge in [0.25, 0.3) is 0 Å². The molecule has 0 radical (unpaired) electrons. The Hall–Kier alpha value is -1.89. The second-order valence-corrected chi connectivity index (χ2v) is 4.89. The van der Waals surface area contributed by atoms with Gasteiger partial charge in [0.15, 0.2) is 6.61 Å². The van der Waals surface area contributed by atoms with Crippen LogP contribution in [0.5, 0.6) is 5.75 Å². The maximum atomic E-state index is 8.49. The summed E-state index contributed by atoms with van der Waals surface area (Å²) in [5, 5.41) is 12.8. The Morgan fingerprint density at radius 3 is 2.70 bits per heavy atom. The van der Waals surface area contributed by atoms with Crippen LogP contribution in [0.1, 0.15) is 5.56 Å². The summed E-state index contributed by atoms with van der Waals surface area (Å²) in [6.07, 6.45) is 0. The normalized spacial score (nSPS) is 9.85. The van der Waals surface area contributed by atoms with E-state index in [9.17, 15) is 0 Å². The Kier molecular flexibility index (Phi) is 5.11. The van der Waals surface area contributed by atoms with Gasteiger partial charge < -0.3 is 10.1 Å². The highest BCUT2D eigenvalue weighted by atomic mass is 35.5. The van der Waals surface area contributed by atoms with Gasteiger partial charge in [-0.15, -0.1) is 0 Å². The van der Waals surface area contributed by atoms with Crippen molar-refractivity contribution in [3.8, 4) is 11.8 Å². The minimum atomic E-state index is 0.0453. The summed E-state index contributed by atoms with van der Waals surface area (Å²) in [6.45, 7) is 0.672. The summed E-state index contributed by atoms with van der Waals surface area (Å²) < 4.78 is 5.26. The molecule has 3 nitrogen and oxygen atoms in total. The summed E-state index contributed by atoms with van der Waals surface area (Å²) >= 11 is 11.8. The Balaban J connectivity index is 1.99. The standard InChI is InChI=1S/C15H12Cl2N2O/c16-14-5-4-12(9-15(14)17)19-10-11-2-1-3-13(8-11)20-7-6-18/h1-5,8-9,19H,7,10H2. The van der Waals surface area contributed by atoms with E-state index in [1.165, 1.54) is 0 Å². The van der Waals surface area contributed by atoms with Crippen LogP contribution in [0.15, 0.2) is 42.5 Å². The average Bonchev–Trinajstić information content (AvgIpc) is 2.47. The first-order valence-electron chi connectivity index (χ1n) is 5.96. The number of halogens is 2. The molecule has 2 aromatic carbocycles. The number of anilines is 1. The molecular formula is C15H12Cl2N2O. The third-order valence-corrected chi connectivity index (χ3v) is 3.36. The molecule has 0 aliphatic rings. The van der Waals surface area contributed by atoms with Crippen molar-refractivity contribution in [2.24, 2.45) is 0 Å². The van der Waals surface area contributed by atoms with Crippen LogP contribution in [0, 0.1) is 11.3 Å². The van der Waals surface area contributed by atoms with E-state index in [0.29, 0.717) is 22.3 Å². The van der Waals surface area contributed by atoms with Gasteiger partial charge in [0.2, 0.25) is 0 Å². The molecule has 0 saturated carbocycles. The molecule has 0 aliphatic carbocycles. The molecule has 0 saturated heterocycles. The second-order valence-electron chi connectivity index (χ2n) is 4.08. The molecule has 5 heteroatoms. The van der Waals surface area contributed by atoms with Gasteiger partial charge in [0.1, 0.15) is 11.8 Å². The summed E-state index contributed by atoms with van der Waals surface area (Å²) in [5.41, 5.74) is 1.94. The fourth-order valence-corrected chi connectivity index (χ4v) is 1.97. The predicted octanol–water partition coefficient (Wildman–Crippen LogP) is 4.51. The third-order valence-electron chi connectivity index (χ3n) is 2.62. The number of ether oxygens (including phenoxy) is 1. The molecule has 0 heterocycles. The van der Waals surface area contributed by atoms with E-state index in [1.54, 1.807) is 12.1 Å². The number of rotatable bonds is 5. The van der Waals surface area contributed by atoms with Gasteiger partial charge in [-0.2, -0.15) is 5.26 Å². The second kappa shape index (κ2) is 7.04. The number of hydrogen-bond donors (Lipinski definition) is 1. The molecule has 1 N–H and O–H groups in total. The number of benzene rings is 2. The monoisotopic (exact) mass is 306 g/mol. The maximum Gasteiger partial charge on any atom is 0.174 e. The molecule has 2 aromatic rings. The summed E-state index contributed by atoms with van der Waals surface area (Å²) in [5.74, 6) is 0.681.